The number of nitriles is 1. The van der Waals surface area contributed by atoms with Gasteiger partial charge in [0.1, 0.15) is 17.4 Å². The van der Waals surface area contributed by atoms with Crippen LogP contribution in [0.2, 0.25) is 5.02 Å². The van der Waals surface area contributed by atoms with Crippen molar-refractivity contribution in [3.05, 3.63) is 46.4 Å². The number of aromatic hydroxyl groups is 1. The van der Waals surface area contributed by atoms with Gasteiger partial charge in [-0.25, -0.2) is 14.2 Å². The number of amides is 2. The third-order valence-electron chi connectivity index (χ3n) is 5.57. The van der Waals surface area contributed by atoms with Crippen LogP contribution in [-0.4, -0.2) is 51.2 Å². The van der Waals surface area contributed by atoms with E-state index in [1.807, 2.05) is 15.9 Å². The van der Waals surface area contributed by atoms with Gasteiger partial charge in [-0.2, -0.15) is 10.2 Å². The van der Waals surface area contributed by atoms with E-state index in [-0.39, 0.29) is 36.1 Å². The molecular weight excluding hydrogens is 423 g/mol. The summed E-state index contributed by atoms with van der Waals surface area (Å²) in [5, 5.41) is 22.0. The lowest BCUT2D eigenvalue weighted by Gasteiger charge is -2.39. The molecule has 162 valence electrons. The molecule has 0 bridgehead atoms. The molecule has 2 heterocycles. The quantitative estimate of drug-likeness (QED) is 0.733. The number of anilines is 1. The number of urea groups is 1. The minimum absolute atomic E-state index is 0.0192. The zero-order valence-electron chi connectivity index (χ0n) is 16.8. The van der Waals surface area contributed by atoms with Gasteiger partial charge in [-0.3, -0.25) is 0 Å². The van der Waals surface area contributed by atoms with E-state index in [0.717, 1.165) is 25.7 Å². The number of hydrogen-bond acceptors (Lipinski definition) is 6. The zero-order valence-corrected chi connectivity index (χ0v) is 17.5. The lowest BCUT2D eigenvalue weighted by molar-refractivity contribution is 0.160. The number of halogens is 2. The van der Waals surface area contributed by atoms with Gasteiger partial charge < -0.3 is 20.2 Å². The fourth-order valence-electron chi connectivity index (χ4n) is 3.87. The van der Waals surface area contributed by atoms with Gasteiger partial charge in [0.15, 0.2) is 0 Å². The number of nitrogens with zero attached hydrogens (tertiary/aromatic N) is 5. The van der Waals surface area contributed by atoms with Crippen LogP contribution in [0.4, 0.5) is 15.1 Å². The molecule has 1 saturated carbocycles. The fraction of sp³-hybridized carbons (Fsp3) is 0.429. The molecule has 2 N–H and O–H groups in total. The molecule has 2 aromatic rings. The van der Waals surface area contributed by atoms with Gasteiger partial charge in [0.2, 0.25) is 11.8 Å². The largest absolute Gasteiger partial charge is 0.492 e. The van der Waals surface area contributed by atoms with Crippen LogP contribution in [-0.2, 0) is 6.54 Å². The lowest BCUT2D eigenvalue weighted by atomic mass is 10.0. The molecule has 1 aromatic carbocycles. The smallest absolute Gasteiger partial charge is 0.318 e. The average Bonchev–Trinajstić information content (AvgIpc) is 3.58. The summed E-state index contributed by atoms with van der Waals surface area (Å²) in [5.41, 5.74) is 0.394. The number of rotatable bonds is 5. The van der Waals surface area contributed by atoms with E-state index < -0.39 is 5.82 Å². The molecule has 1 atom stereocenters. The van der Waals surface area contributed by atoms with Crippen molar-refractivity contribution in [2.45, 2.75) is 44.3 Å². The van der Waals surface area contributed by atoms with Crippen LogP contribution in [0.5, 0.6) is 5.88 Å². The molecule has 0 unspecified atom stereocenters. The molecule has 2 fully saturated rings. The van der Waals surface area contributed by atoms with Crippen LogP contribution in [0.25, 0.3) is 0 Å². The third kappa shape index (κ3) is 4.80. The topological polar surface area (TPSA) is 105 Å². The van der Waals surface area contributed by atoms with Crippen molar-refractivity contribution in [1.29, 1.82) is 5.26 Å². The van der Waals surface area contributed by atoms with Gasteiger partial charge in [0.05, 0.1) is 12.2 Å². The van der Waals surface area contributed by atoms with E-state index in [1.54, 1.807) is 12.1 Å². The Morgan fingerprint density at radius 1 is 1.39 bits per heavy atom. The summed E-state index contributed by atoms with van der Waals surface area (Å²) >= 11 is 5.79. The molecule has 2 amide bonds. The van der Waals surface area contributed by atoms with Crippen LogP contribution >= 0.6 is 11.6 Å². The summed E-state index contributed by atoms with van der Waals surface area (Å²) in [6, 6.07) is 6.10. The van der Waals surface area contributed by atoms with Gasteiger partial charge >= 0.3 is 6.03 Å². The van der Waals surface area contributed by atoms with E-state index in [0.29, 0.717) is 29.6 Å². The fourth-order valence-corrected chi connectivity index (χ4v) is 4.03. The lowest BCUT2D eigenvalue weighted by Crippen LogP contribution is -2.54. The first-order valence-corrected chi connectivity index (χ1v) is 10.5. The first kappa shape index (κ1) is 21.1. The summed E-state index contributed by atoms with van der Waals surface area (Å²) in [6.45, 7) is 1.29. The van der Waals surface area contributed by atoms with Crippen molar-refractivity contribution in [2.24, 2.45) is 0 Å². The summed E-state index contributed by atoms with van der Waals surface area (Å²) in [5.74, 6) is -0.468. The summed E-state index contributed by atoms with van der Waals surface area (Å²) < 4.78 is 14.0. The Labute approximate surface area is 184 Å². The highest BCUT2D eigenvalue weighted by atomic mass is 35.5. The van der Waals surface area contributed by atoms with Crippen LogP contribution in [0, 0.1) is 17.1 Å². The second kappa shape index (κ2) is 8.94. The number of carbonyl (C=O) groups is 1. The molecule has 31 heavy (non-hydrogen) atoms. The molecule has 10 heteroatoms. The predicted octanol–water partition coefficient (Wildman–Crippen LogP) is 3.19. The van der Waals surface area contributed by atoms with Crippen molar-refractivity contribution in [3.63, 3.8) is 0 Å². The standard InChI is InChI=1S/C21H22ClFN6O2/c22-15-4-3-13(18(23)8-15)10-26-21(31)29(16-5-6-16)17-2-1-7-28(12-17)20-25-11-14(9-24)19(30)27-20/h3-4,8,11,16-17H,1-2,5-7,10,12H2,(H,26,31)(H,25,27,30)/t17-/m1/s1. The highest BCUT2D eigenvalue weighted by Crippen LogP contribution is 2.32. The number of hydrogen-bond donors (Lipinski definition) is 2. The van der Waals surface area contributed by atoms with Crippen molar-refractivity contribution in [3.8, 4) is 11.9 Å². The van der Waals surface area contributed by atoms with Crippen LogP contribution in [0.1, 0.15) is 36.8 Å². The maximum Gasteiger partial charge on any atom is 0.318 e. The zero-order chi connectivity index (χ0) is 22.0. The minimum Gasteiger partial charge on any atom is -0.492 e. The summed E-state index contributed by atoms with van der Waals surface area (Å²) in [7, 11) is 0. The maximum absolute atomic E-state index is 14.0. The first-order valence-electron chi connectivity index (χ1n) is 10.2. The molecule has 0 spiro atoms. The second-order valence-corrected chi connectivity index (χ2v) is 8.23. The molecule has 1 saturated heterocycles. The number of nitrogens with one attached hydrogen (secondary N) is 1. The predicted molar refractivity (Wildman–Crippen MR) is 112 cm³/mol. The van der Waals surface area contributed by atoms with Crippen LogP contribution in [0.15, 0.2) is 24.4 Å². The van der Waals surface area contributed by atoms with E-state index in [4.69, 9.17) is 16.9 Å². The van der Waals surface area contributed by atoms with E-state index in [9.17, 15) is 14.3 Å². The molecule has 2 aliphatic rings. The van der Waals surface area contributed by atoms with Gasteiger partial charge in [0, 0.05) is 36.3 Å². The summed E-state index contributed by atoms with van der Waals surface area (Å²) in [4.78, 5) is 25.0. The van der Waals surface area contributed by atoms with Gasteiger partial charge in [-0.15, -0.1) is 0 Å². The summed E-state index contributed by atoms with van der Waals surface area (Å²) in [6.07, 6.45) is 4.84. The number of piperidine rings is 1. The Balaban J connectivity index is 1.44. The van der Waals surface area contributed by atoms with Gasteiger partial charge in [-0.1, -0.05) is 17.7 Å². The highest BCUT2D eigenvalue weighted by molar-refractivity contribution is 6.30. The number of benzene rings is 1. The Bertz CT molecular complexity index is 1030. The van der Waals surface area contributed by atoms with Crippen molar-refractivity contribution in [2.75, 3.05) is 18.0 Å². The molecule has 4 rings (SSSR count). The Morgan fingerprint density at radius 3 is 2.87 bits per heavy atom. The van der Waals surface area contributed by atoms with Gasteiger partial charge in [-0.05, 0) is 37.8 Å². The monoisotopic (exact) mass is 444 g/mol. The molecule has 1 aromatic heterocycles. The second-order valence-electron chi connectivity index (χ2n) is 7.79. The number of aromatic nitrogens is 2. The molecule has 8 nitrogen and oxygen atoms in total. The normalized spacial score (nSPS) is 18.4. The Morgan fingerprint density at radius 2 is 2.19 bits per heavy atom. The molecule has 1 aliphatic carbocycles. The van der Waals surface area contributed by atoms with Crippen LogP contribution < -0.4 is 10.2 Å². The molecule has 0 radical (unpaired) electrons. The third-order valence-corrected chi connectivity index (χ3v) is 5.80. The molecular formula is C21H22ClFN6O2. The Kier molecular flexibility index (Phi) is 6.09. The van der Waals surface area contributed by atoms with Crippen LogP contribution in [0.3, 0.4) is 0 Å². The van der Waals surface area contributed by atoms with Crippen molar-refractivity contribution < 1.29 is 14.3 Å². The van der Waals surface area contributed by atoms with E-state index >= 15 is 0 Å². The van der Waals surface area contributed by atoms with E-state index in [2.05, 4.69) is 15.3 Å². The maximum atomic E-state index is 14.0. The Hall–Kier alpha value is -3.12. The number of carbonyl (C=O) groups excluding carboxylic acids is 1. The minimum atomic E-state index is -0.451. The SMILES string of the molecule is N#Cc1cnc(N2CCC[C@@H](N(C(=O)NCc3ccc(Cl)cc3F)C3CC3)C2)nc1O. The average molecular weight is 445 g/mol. The van der Waals surface area contributed by atoms with Crippen molar-refractivity contribution in [1.82, 2.24) is 20.2 Å². The molecule has 1 aliphatic heterocycles. The van der Waals surface area contributed by atoms with Crippen molar-refractivity contribution >= 4 is 23.6 Å². The van der Waals surface area contributed by atoms with Gasteiger partial charge in [0.25, 0.3) is 0 Å². The first-order chi connectivity index (χ1) is 15.0. The highest BCUT2D eigenvalue weighted by Gasteiger charge is 2.39. The van der Waals surface area contributed by atoms with E-state index in [1.165, 1.54) is 12.3 Å².